The summed E-state index contributed by atoms with van der Waals surface area (Å²) in [7, 11) is 0. The molecule has 0 aliphatic rings. The molecule has 1 unspecified atom stereocenters. The molecule has 0 saturated carbocycles. The summed E-state index contributed by atoms with van der Waals surface area (Å²) >= 11 is 1.88. The van der Waals surface area contributed by atoms with Crippen molar-refractivity contribution < 1.29 is 19.8 Å². The summed E-state index contributed by atoms with van der Waals surface area (Å²) in [6, 6.07) is 4.25. The van der Waals surface area contributed by atoms with E-state index in [1.54, 1.807) is 0 Å². The normalized spacial score (nSPS) is 11.5. The molecule has 2 N–H and O–H groups in total. The van der Waals surface area contributed by atoms with Gasteiger partial charge in [-0.15, -0.1) is 6.42 Å². The number of hydrogen-bond acceptors (Lipinski definition) is 2. The van der Waals surface area contributed by atoms with Crippen molar-refractivity contribution in [3.63, 3.8) is 0 Å². The zero-order valence-electron chi connectivity index (χ0n) is 7.98. The molecule has 0 aromatic heterocycles. The van der Waals surface area contributed by atoms with Crippen LogP contribution in [0.2, 0.25) is 0 Å². The van der Waals surface area contributed by atoms with Crippen molar-refractivity contribution in [3.8, 4) is 12.3 Å². The van der Waals surface area contributed by atoms with Gasteiger partial charge in [-0.1, -0.05) is 40.6 Å². The van der Waals surface area contributed by atoms with Gasteiger partial charge in [0.05, 0.1) is 15.1 Å². The molecule has 4 nitrogen and oxygen atoms in total. The van der Waals surface area contributed by atoms with Crippen LogP contribution in [0, 0.1) is 12.3 Å². The molecule has 82 valence electrons. The van der Waals surface area contributed by atoms with Crippen LogP contribution >= 0.6 is 22.6 Å². The topological polar surface area (TPSA) is 74.6 Å². The maximum absolute atomic E-state index is 11.0. The first-order chi connectivity index (χ1) is 7.49. The quantitative estimate of drug-likeness (QED) is 0.506. The highest BCUT2D eigenvalue weighted by Gasteiger charge is 2.22. The number of hydrogen-bond donors (Lipinski definition) is 2. The first-order valence-electron chi connectivity index (χ1n) is 4.18. The minimum Gasteiger partial charge on any atom is -0.478 e. The lowest BCUT2D eigenvalue weighted by molar-refractivity contribution is 0.0650. The minimum atomic E-state index is -1.29. The smallest absolute Gasteiger partial charge is 0.336 e. The number of halogens is 1. The Labute approximate surface area is 105 Å². The van der Waals surface area contributed by atoms with E-state index < -0.39 is 15.9 Å². The number of alkyl halides is 1. The summed E-state index contributed by atoms with van der Waals surface area (Å²) in [6.45, 7) is 0. The van der Waals surface area contributed by atoms with Gasteiger partial charge in [0.1, 0.15) is 0 Å². The van der Waals surface area contributed by atoms with Crippen LogP contribution in [-0.4, -0.2) is 22.2 Å². The average Bonchev–Trinajstić information content (AvgIpc) is 2.26. The van der Waals surface area contributed by atoms with E-state index in [1.165, 1.54) is 18.2 Å². The average molecular weight is 330 g/mol. The fourth-order valence-corrected chi connectivity index (χ4v) is 1.81. The molecule has 0 aliphatic carbocycles. The molecule has 0 heterocycles. The number of carboxylic acid groups (broad SMARTS) is 2. The van der Waals surface area contributed by atoms with Gasteiger partial charge in [-0.05, 0) is 11.6 Å². The zero-order valence-corrected chi connectivity index (χ0v) is 10.1. The van der Waals surface area contributed by atoms with Crippen molar-refractivity contribution in [3.05, 3.63) is 34.9 Å². The highest BCUT2D eigenvalue weighted by atomic mass is 127. The Hall–Kier alpha value is -1.55. The van der Waals surface area contributed by atoms with E-state index in [0.717, 1.165) is 0 Å². The van der Waals surface area contributed by atoms with E-state index in [9.17, 15) is 9.59 Å². The summed E-state index contributed by atoms with van der Waals surface area (Å²) in [5.74, 6) is -0.192. The van der Waals surface area contributed by atoms with E-state index in [4.69, 9.17) is 16.6 Å². The Bertz CT molecular complexity index is 487. The fourth-order valence-electron chi connectivity index (χ4n) is 1.29. The molecule has 0 radical (unpaired) electrons. The molecule has 0 saturated heterocycles. The summed E-state index contributed by atoms with van der Waals surface area (Å²) in [5.41, 5.74) is -0.162. The van der Waals surface area contributed by atoms with Crippen LogP contribution in [0.5, 0.6) is 0 Å². The van der Waals surface area contributed by atoms with Crippen LogP contribution < -0.4 is 0 Å². The van der Waals surface area contributed by atoms with Crippen LogP contribution in [0.25, 0.3) is 0 Å². The summed E-state index contributed by atoms with van der Waals surface area (Å²) in [5, 5.41) is 17.9. The van der Waals surface area contributed by atoms with E-state index in [1.807, 2.05) is 22.6 Å². The molecule has 16 heavy (non-hydrogen) atoms. The van der Waals surface area contributed by atoms with Crippen LogP contribution in [-0.2, 0) is 0 Å². The van der Waals surface area contributed by atoms with Crippen molar-refractivity contribution in [2.24, 2.45) is 0 Å². The second-order valence-corrected chi connectivity index (χ2v) is 4.15. The summed E-state index contributed by atoms with van der Waals surface area (Å²) in [6.07, 6.45) is 5.20. The minimum absolute atomic E-state index is 0.243. The molecule has 1 atom stereocenters. The number of carbonyl (C=O) groups is 2. The Morgan fingerprint density at radius 3 is 2.38 bits per heavy atom. The molecule has 0 bridgehead atoms. The Morgan fingerprint density at radius 2 is 1.94 bits per heavy atom. The largest absolute Gasteiger partial charge is 0.478 e. The Balaban J connectivity index is 3.52. The molecule has 0 spiro atoms. The lowest BCUT2D eigenvalue weighted by Crippen LogP contribution is -2.11. The van der Waals surface area contributed by atoms with Crippen LogP contribution in [0.4, 0.5) is 0 Å². The first kappa shape index (κ1) is 12.5. The zero-order chi connectivity index (χ0) is 12.3. The third-order valence-corrected chi connectivity index (χ3v) is 2.99. The molecule has 1 rings (SSSR count). The first-order valence-corrected chi connectivity index (χ1v) is 5.43. The number of aromatic carboxylic acids is 2. The molecule has 0 fully saturated rings. The van der Waals surface area contributed by atoms with Gasteiger partial charge in [-0.3, -0.25) is 0 Å². The van der Waals surface area contributed by atoms with Gasteiger partial charge in [-0.2, -0.15) is 0 Å². The number of benzene rings is 1. The second-order valence-electron chi connectivity index (χ2n) is 2.91. The lowest BCUT2D eigenvalue weighted by Gasteiger charge is -2.09. The molecule has 1 aromatic rings. The van der Waals surface area contributed by atoms with E-state index in [2.05, 4.69) is 5.92 Å². The van der Waals surface area contributed by atoms with Gasteiger partial charge in [0, 0.05) is 0 Å². The Morgan fingerprint density at radius 1 is 1.31 bits per heavy atom. The maximum atomic E-state index is 11.0. The lowest BCUT2D eigenvalue weighted by atomic mass is 9.99. The molecular formula is C11H7IO4. The maximum Gasteiger partial charge on any atom is 0.336 e. The highest BCUT2D eigenvalue weighted by molar-refractivity contribution is 14.1. The number of carboxylic acids is 2. The molecule has 1 aromatic carbocycles. The fraction of sp³-hybridized carbons (Fsp3) is 0.0909. The number of terminal acetylenes is 1. The predicted octanol–water partition coefficient (Wildman–Crippen LogP) is 2.19. The Kier molecular flexibility index (Phi) is 3.90. The van der Waals surface area contributed by atoms with Gasteiger partial charge >= 0.3 is 11.9 Å². The standard InChI is InChI=1S/C11H7IO4/c1-2-8(12)6-4-3-5-7(10(13)14)9(6)11(15)16/h1,3-5,8H,(H,13,14)(H,15,16). The number of rotatable bonds is 3. The van der Waals surface area contributed by atoms with Crippen molar-refractivity contribution in [2.45, 2.75) is 3.92 Å². The van der Waals surface area contributed by atoms with E-state index in [0.29, 0.717) is 5.56 Å². The third kappa shape index (κ3) is 2.33. The molecule has 5 heteroatoms. The van der Waals surface area contributed by atoms with Crippen molar-refractivity contribution >= 4 is 34.5 Å². The van der Waals surface area contributed by atoms with Gasteiger partial charge in [0.25, 0.3) is 0 Å². The van der Waals surface area contributed by atoms with E-state index >= 15 is 0 Å². The SMILES string of the molecule is C#CC(I)c1cccc(C(=O)O)c1C(=O)O. The van der Waals surface area contributed by atoms with Gasteiger partial charge < -0.3 is 10.2 Å². The van der Waals surface area contributed by atoms with Crippen LogP contribution in [0.3, 0.4) is 0 Å². The molecule has 0 amide bonds. The second kappa shape index (κ2) is 4.99. The summed E-state index contributed by atoms with van der Waals surface area (Å²) in [4.78, 5) is 21.9. The molecule has 0 aliphatic heterocycles. The van der Waals surface area contributed by atoms with Gasteiger partial charge in [0.15, 0.2) is 0 Å². The molecular weight excluding hydrogens is 323 g/mol. The van der Waals surface area contributed by atoms with E-state index in [-0.39, 0.29) is 11.1 Å². The summed E-state index contributed by atoms with van der Waals surface area (Å²) < 4.78 is -0.469. The predicted molar refractivity (Wildman–Crippen MR) is 66.0 cm³/mol. The van der Waals surface area contributed by atoms with Crippen LogP contribution in [0.15, 0.2) is 18.2 Å². The monoisotopic (exact) mass is 330 g/mol. The van der Waals surface area contributed by atoms with Crippen molar-refractivity contribution in [1.82, 2.24) is 0 Å². The van der Waals surface area contributed by atoms with Gasteiger partial charge in [0.2, 0.25) is 0 Å². The van der Waals surface area contributed by atoms with Crippen LogP contribution in [0.1, 0.15) is 30.2 Å². The van der Waals surface area contributed by atoms with Gasteiger partial charge in [-0.25, -0.2) is 9.59 Å². The third-order valence-electron chi connectivity index (χ3n) is 1.96. The highest BCUT2D eigenvalue weighted by Crippen LogP contribution is 2.28. The van der Waals surface area contributed by atoms with Crippen molar-refractivity contribution in [2.75, 3.05) is 0 Å². The van der Waals surface area contributed by atoms with Crippen molar-refractivity contribution in [1.29, 1.82) is 0 Å².